The molecule has 0 saturated heterocycles. The van der Waals surface area contributed by atoms with Crippen LogP contribution in [0.4, 0.5) is 0 Å². The number of hydrogen-bond donors (Lipinski definition) is 2. The smallest absolute Gasteiger partial charge is 0.326 e. The Balaban J connectivity index is 2.46. The van der Waals surface area contributed by atoms with Crippen molar-refractivity contribution in [1.29, 1.82) is 0 Å². The van der Waals surface area contributed by atoms with Crippen LogP contribution in [-0.4, -0.2) is 23.4 Å². The molecule has 0 fully saturated rings. The average Bonchev–Trinajstić information content (AvgIpc) is 2.53. The van der Waals surface area contributed by atoms with Crippen LogP contribution in [0.1, 0.15) is 21.3 Å². The van der Waals surface area contributed by atoms with E-state index in [0.717, 1.165) is 0 Å². The summed E-state index contributed by atoms with van der Waals surface area (Å²) in [6.07, 6.45) is 0. The van der Waals surface area contributed by atoms with Crippen molar-refractivity contribution in [1.82, 2.24) is 5.32 Å². The van der Waals surface area contributed by atoms with Gasteiger partial charge in [-0.3, -0.25) is 14.9 Å². The lowest BCUT2D eigenvalue weighted by Crippen LogP contribution is -2.37. The molecule has 1 aromatic rings. The number of nitrogens with one attached hydrogen (secondary N) is 1. The SMILES string of the molecule is O=C1CNC(C(=O)O)c2sccc21. The van der Waals surface area contributed by atoms with E-state index in [1.54, 1.807) is 11.4 Å². The number of aliphatic carboxylic acids is 1. The molecule has 0 aliphatic carbocycles. The number of thiophene rings is 1. The minimum atomic E-state index is -0.934. The largest absolute Gasteiger partial charge is 0.480 e. The number of carbonyl (C=O) groups excluding carboxylic acids is 1. The van der Waals surface area contributed by atoms with Crippen molar-refractivity contribution in [2.24, 2.45) is 0 Å². The van der Waals surface area contributed by atoms with Crippen molar-refractivity contribution in [2.45, 2.75) is 6.04 Å². The predicted molar refractivity (Wildman–Crippen MR) is 47.0 cm³/mol. The van der Waals surface area contributed by atoms with E-state index in [0.29, 0.717) is 10.4 Å². The molecule has 1 aromatic heterocycles. The summed E-state index contributed by atoms with van der Waals surface area (Å²) in [5, 5.41) is 13.2. The van der Waals surface area contributed by atoms with Crippen LogP contribution in [0.3, 0.4) is 0 Å². The number of hydrogen-bond acceptors (Lipinski definition) is 4. The van der Waals surface area contributed by atoms with Gasteiger partial charge in [0.05, 0.1) is 6.54 Å². The fraction of sp³-hybridized carbons (Fsp3) is 0.250. The third kappa shape index (κ3) is 1.26. The first-order chi connectivity index (χ1) is 6.20. The molecule has 0 radical (unpaired) electrons. The molecule has 0 aromatic carbocycles. The summed E-state index contributed by atoms with van der Waals surface area (Å²) in [5.74, 6) is -0.968. The molecule has 2 rings (SSSR count). The first kappa shape index (κ1) is 8.40. The number of rotatable bonds is 1. The highest BCUT2D eigenvalue weighted by atomic mass is 32.1. The van der Waals surface area contributed by atoms with E-state index < -0.39 is 12.0 Å². The van der Waals surface area contributed by atoms with Gasteiger partial charge in [-0.15, -0.1) is 11.3 Å². The quantitative estimate of drug-likeness (QED) is 0.694. The van der Waals surface area contributed by atoms with Gasteiger partial charge in [0.2, 0.25) is 0 Å². The predicted octanol–water partition coefficient (Wildman–Crippen LogP) is 0.660. The van der Waals surface area contributed by atoms with Crippen LogP contribution in [0.15, 0.2) is 11.4 Å². The Kier molecular flexibility index (Phi) is 1.90. The molecule has 0 bridgehead atoms. The van der Waals surface area contributed by atoms with Crippen molar-refractivity contribution < 1.29 is 14.7 Å². The summed E-state index contributed by atoms with van der Waals surface area (Å²) >= 11 is 1.30. The number of carbonyl (C=O) groups is 2. The normalized spacial score (nSPS) is 21.2. The first-order valence-corrected chi connectivity index (χ1v) is 4.65. The Labute approximate surface area is 78.2 Å². The number of carboxylic acids is 1. The maximum Gasteiger partial charge on any atom is 0.326 e. The molecular weight excluding hydrogens is 190 g/mol. The van der Waals surface area contributed by atoms with E-state index in [1.165, 1.54) is 11.3 Å². The highest BCUT2D eigenvalue weighted by molar-refractivity contribution is 7.10. The Hall–Kier alpha value is -1.20. The molecule has 68 valence electrons. The minimum Gasteiger partial charge on any atom is -0.480 e. The van der Waals surface area contributed by atoms with Gasteiger partial charge >= 0.3 is 5.97 Å². The summed E-state index contributed by atoms with van der Waals surface area (Å²) in [6.45, 7) is 0.112. The highest BCUT2D eigenvalue weighted by Gasteiger charge is 2.30. The van der Waals surface area contributed by atoms with E-state index in [1.807, 2.05) is 0 Å². The molecule has 0 amide bonds. The second kappa shape index (κ2) is 2.93. The molecule has 0 spiro atoms. The topological polar surface area (TPSA) is 66.4 Å². The molecule has 5 heteroatoms. The van der Waals surface area contributed by atoms with Gasteiger partial charge in [0, 0.05) is 10.4 Å². The van der Waals surface area contributed by atoms with E-state index in [9.17, 15) is 9.59 Å². The zero-order chi connectivity index (χ0) is 9.42. The lowest BCUT2D eigenvalue weighted by atomic mass is 10.0. The number of carboxylic acid groups (broad SMARTS) is 1. The Bertz CT molecular complexity index is 371. The highest BCUT2D eigenvalue weighted by Crippen LogP contribution is 2.28. The summed E-state index contributed by atoms with van der Waals surface area (Å²) in [7, 11) is 0. The molecule has 2 N–H and O–H groups in total. The van der Waals surface area contributed by atoms with Crippen LogP contribution in [0, 0.1) is 0 Å². The Morgan fingerprint density at radius 3 is 3.15 bits per heavy atom. The monoisotopic (exact) mass is 197 g/mol. The van der Waals surface area contributed by atoms with Gasteiger partial charge in [-0.2, -0.15) is 0 Å². The maximum absolute atomic E-state index is 11.3. The van der Waals surface area contributed by atoms with Crippen molar-refractivity contribution in [3.8, 4) is 0 Å². The molecule has 4 nitrogen and oxygen atoms in total. The Morgan fingerprint density at radius 1 is 1.69 bits per heavy atom. The van der Waals surface area contributed by atoms with Crippen LogP contribution >= 0.6 is 11.3 Å². The zero-order valence-corrected chi connectivity index (χ0v) is 7.43. The minimum absolute atomic E-state index is 0.0336. The van der Waals surface area contributed by atoms with E-state index in [-0.39, 0.29) is 12.3 Å². The Morgan fingerprint density at radius 2 is 2.46 bits per heavy atom. The van der Waals surface area contributed by atoms with Gasteiger partial charge < -0.3 is 5.11 Å². The standard InChI is InChI=1S/C8H7NO3S/c10-5-3-9-6(8(11)12)7-4(5)1-2-13-7/h1-2,6,9H,3H2,(H,11,12). The molecule has 1 aliphatic heterocycles. The van der Waals surface area contributed by atoms with Crippen LogP contribution < -0.4 is 5.32 Å². The van der Waals surface area contributed by atoms with Crippen molar-refractivity contribution >= 4 is 23.1 Å². The molecular formula is C8H7NO3S. The zero-order valence-electron chi connectivity index (χ0n) is 6.61. The van der Waals surface area contributed by atoms with E-state index in [4.69, 9.17) is 5.11 Å². The van der Waals surface area contributed by atoms with Crippen molar-refractivity contribution in [3.05, 3.63) is 21.9 Å². The molecule has 0 saturated carbocycles. The van der Waals surface area contributed by atoms with Crippen LogP contribution in [0.5, 0.6) is 0 Å². The first-order valence-electron chi connectivity index (χ1n) is 3.77. The number of Topliss-reactive ketones (excluding diaryl/α,β-unsaturated/α-hetero) is 1. The van der Waals surface area contributed by atoms with Crippen LogP contribution in [0.2, 0.25) is 0 Å². The van der Waals surface area contributed by atoms with Crippen LogP contribution in [-0.2, 0) is 4.79 Å². The maximum atomic E-state index is 11.3. The molecule has 13 heavy (non-hydrogen) atoms. The summed E-state index contributed by atoms with van der Waals surface area (Å²) < 4.78 is 0. The van der Waals surface area contributed by atoms with Crippen molar-refractivity contribution in [2.75, 3.05) is 6.54 Å². The third-order valence-corrected chi connectivity index (χ3v) is 2.95. The lowest BCUT2D eigenvalue weighted by Gasteiger charge is -2.18. The second-order valence-corrected chi connectivity index (χ2v) is 3.72. The third-order valence-electron chi connectivity index (χ3n) is 1.97. The number of ketones is 1. The molecule has 1 aliphatic rings. The average molecular weight is 197 g/mol. The molecule has 1 atom stereocenters. The van der Waals surface area contributed by atoms with Gasteiger partial charge in [0.1, 0.15) is 6.04 Å². The summed E-state index contributed by atoms with van der Waals surface area (Å²) in [5.41, 5.74) is 0.552. The summed E-state index contributed by atoms with van der Waals surface area (Å²) in [6, 6.07) is 0.965. The van der Waals surface area contributed by atoms with Gasteiger partial charge in [-0.1, -0.05) is 0 Å². The lowest BCUT2D eigenvalue weighted by molar-refractivity contribution is -0.139. The van der Waals surface area contributed by atoms with Crippen molar-refractivity contribution in [3.63, 3.8) is 0 Å². The van der Waals surface area contributed by atoms with Crippen LogP contribution in [0.25, 0.3) is 0 Å². The molecule has 2 heterocycles. The fourth-order valence-corrected chi connectivity index (χ4v) is 2.34. The van der Waals surface area contributed by atoms with Gasteiger partial charge in [0.25, 0.3) is 0 Å². The number of fused-ring (bicyclic) bond motifs is 1. The van der Waals surface area contributed by atoms with Gasteiger partial charge in [-0.25, -0.2) is 0 Å². The van der Waals surface area contributed by atoms with Gasteiger partial charge in [-0.05, 0) is 11.4 Å². The van der Waals surface area contributed by atoms with E-state index >= 15 is 0 Å². The fourth-order valence-electron chi connectivity index (χ4n) is 1.36. The second-order valence-electron chi connectivity index (χ2n) is 2.77. The molecule has 1 unspecified atom stereocenters. The van der Waals surface area contributed by atoms with Gasteiger partial charge in [0.15, 0.2) is 5.78 Å². The summed E-state index contributed by atoms with van der Waals surface area (Å²) in [4.78, 5) is 22.6. The van der Waals surface area contributed by atoms with E-state index in [2.05, 4.69) is 5.32 Å².